The highest BCUT2D eigenvalue weighted by Crippen LogP contribution is 2.14. The Labute approximate surface area is 127 Å². The third-order valence-electron chi connectivity index (χ3n) is 2.70. The third-order valence-corrected chi connectivity index (χ3v) is 2.70. The van der Waals surface area contributed by atoms with Gasteiger partial charge in [-0.2, -0.15) is 0 Å². The number of carbonyl (C=O) groups is 2. The molecule has 0 fully saturated rings. The van der Waals surface area contributed by atoms with Crippen LogP contribution in [-0.4, -0.2) is 31.1 Å². The molecule has 2 heterocycles. The molecule has 120 valence electrons. The fraction of sp³-hybridized carbons (Fsp3) is 0.333. The van der Waals surface area contributed by atoms with Crippen LogP contribution >= 0.6 is 0 Å². The van der Waals surface area contributed by atoms with Crippen LogP contribution in [0.15, 0.2) is 34.8 Å². The highest BCUT2D eigenvalue weighted by molar-refractivity contribution is 5.73. The predicted molar refractivity (Wildman–Crippen MR) is 78.8 cm³/mol. The van der Waals surface area contributed by atoms with Crippen LogP contribution in [-0.2, 0) is 23.8 Å². The molecule has 0 aliphatic rings. The van der Waals surface area contributed by atoms with E-state index in [1.54, 1.807) is 13.2 Å². The highest BCUT2D eigenvalue weighted by atomic mass is 16.6. The Kier molecular flexibility index (Phi) is 7.32. The van der Waals surface area contributed by atoms with Crippen LogP contribution in [0.3, 0.4) is 0 Å². The average Bonchev–Trinajstić information content (AvgIpc) is 3.05. The van der Waals surface area contributed by atoms with Crippen molar-refractivity contribution in [3.05, 3.63) is 36.1 Å². The first-order chi connectivity index (χ1) is 10.7. The summed E-state index contributed by atoms with van der Waals surface area (Å²) in [4.78, 5) is 23.2. The molecule has 0 saturated heterocycles. The lowest BCUT2D eigenvalue weighted by molar-refractivity contribution is -0.137. The van der Waals surface area contributed by atoms with Crippen molar-refractivity contribution in [3.8, 4) is 0 Å². The van der Waals surface area contributed by atoms with E-state index in [4.69, 9.17) is 4.42 Å². The van der Waals surface area contributed by atoms with Crippen molar-refractivity contribution in [2.45, 2.75) is 26.4 Å². The Bertz CT molecular complexity index is 584. The van der Waals surface area contributed by atoms with Crippen LogP contribution in [0.5, 0.6) is 0 Å². The maximum Gasteiger partial charge on any atom is 0.298 e. The van der Waals surface area contributed by atoms with Crippen molar-refractivity contribution < 1.29 is 28.2 Å². The molecule has 0 radical (unpaired) electrons. The van der Waals surface area contributed by atoms with Gasteiger partial charge in [0, 0.05) is 17.8 Å². The molecule has 2 aromatic rings. The quantitative estimate of drug-likeness (QED) is 0.624. The van der Waals surface area contributed by atoms with Crippen molar-refractivity contribution in [1.29, 1.82) is 0 Å². The minimum atomic E-state index is -0.581. The topological polar surface area (TPSA) is 90.8 Å². The summed E-state index contributed by atoms with van der Waals surface area (Å²) in [6.45, 7) is 4.34. The van der Waals surface area contributed by atoms with Gasteiger partial charge in [-0.3, -0.25) is 9.59 Å². The zero-order valence-electron chi connectivity index (χ0n) is 12.7. The largest absolute Gasteiger partial charge is 0.501 e. The minimum Gasteiger partial charge on any atom is -0.501 e. The second kappa shape index (κ2) is 9.28. The summed E-state index contributed by atoms with van der Waals surface area (Å²) in [6.07, 6.45) is 2.82. The summed E-state index contributed by atoms with van der Waals surface area (Å²) in [5.74, 6) is 0.173. The number of hydrogen-bond donors (Lipinski definition) is 1. The van der Waals surface area contributed by atoms with Crippen LogP contribution < -0.4 is 0 Å². The highest BCUT2D eigenvalue weighted by Gasteiger charge is 2.15. The summed E-state index contributed by atoms with van der Waals surface area (Å²) < 4.78 is 19.0. The van der Waals surface area contributed by atoms with E-state index in [0.717, 1.165) is 16.8 Å². The zero-order chi connectivity index (χ0) is 16.4. The molecule has 1 atom stereocenters. The van der Waals surface area contributed by atoms with E-state index in [-0.39, 0.29) is 12.2 Å². The first-order valence-corrected chi connectivity index (χ1v) is 6.61. The summed E-state index contributed by atoms with van der Waals surface area (Å²) in [5.41, 5.74) is 3.16. The molecular formula is C15H19NO6. The third kappa shape index (κ3) is 5.01. The first-order valence-electron chi connectivity index (χ1n) is 6.61. The number of H-pyrrole nitrogens is 1. The first kappa shape index (κ1) is 17.4. The molecule has 22 heavy (non-hydrogen) atoms. The second-order valence-corrected chi connectivity index (χ2v) is 4.25. The van der Waals surface area contributed by atoms with Crippen molar-refractivity contribution in [2.75, 3.05) is 7.11 Å². The zero-order valence-corrected chi connectivity index (χ0v) is 12.7. The number of fused-ring (bicyclic) bond motifs is 1. The number of carbonyl (C=O) groups excluding carboxylic acids is 2. The molecule has 0 bridgehead atoms. The van der Waals surface area contributed by atoms with Crippen LogP contribution in [0.1, 0.15) is 19.0 Å². The Balaban J connectivity index is 0.000000231. The average molecular weight is 309 g/mol. The van der Waals surface area contributed by atoms with E-state index in [9.17, 15) is 9.59 Å². The van der Waals surface area contributed by atoms with E-state index in [1.807, 2.05) is 19.1 Å². The number of hydrogen-bond acceptors (Lipinski definition) is 6. The van der Waals surface area contributed by atoms with Gasteiger partial charge in [0.25, 0.3) is 12.9 Å². The van der Waals surface area contributed by atoms with E-state index in [1.165, 1.54) is 13.4 Å². The number of aromatic nitrogens is 1. The molecule has 0 aromatic carbocycles. The van der Waals surface area contributed by atoms with E-state index < -0.39 is 6.10 Å². The number of aryl methyl sites for hydroxylation is 1. The lowest BCUT2D eigenvalue weighted by atomic mass is 10.2. The lowest BCUT2D eigenvalue weighted by Gasteiger charge is -2.13. The van der Waals surface area contributed by atoms with Crippen molar-refractivity contribution in [2.24, 2.45) is 0 Å². The molecule has 7 nitrogen and oxygen atoms in total. The van der Waals surface area contributed by atoms with Crippen molar-refractivity contribution >= 4 is 24.0 Å². The van der Waals surface area contributed by atoms with Crippen LogP contribution in [0.2, 0.25) is 0 Å². The van der Waals surface area contributed by atoms with Crippen molar-refractivity contribution in [1.82, 2.24) is 4.98 Å². The van der Waals surface area contributed by atoms with Gasteiger partial charge in [-0.25, -0.2) is 0 Å². The van der Waals surface area contributed by atoms with E-state index in [2.05, 4.69) is 19.2 Å². The van der Waals surface area contributed by atoms with Crippen LogP contribution in [0.25, 0.3) is 11.1 Å². The Morgan fingerprint density at radius 2 is 2.18 bits per heavy atom. The number of methoxy groups -OCH3 is 1. The van der Waals surface area contributed by atoms with E-state index in [0.29, 0.717) is 12.9 Å². The molecule has 0 saturated carbocycles. The Morgan fingerprint density at radius 3 is 2.73 bits per heavy atom. The second-order valence-electron chi connectivity index (χ2n) is 4.25. The Hall–Kier alpha value is -2.70. The normalized spacial score (nSPS) is 12.0. The van der Waals surface area contributed by atoms with Gasteiger partial charge in [-0.15, -0.1) is 0 Å². The molecule has 2 aromatic heterocycles. The summed E-state index contributed by atoms with van der Waals surface area (Å²) in [5, 5.41) is 0. The fourth-order valence-electron chi connectivity index (χ4n) is 1.76. The molecular weight excluding hydrogens is 290 g/mol. The summed E-state index contributed by atoms with van der Waals surface area (Å²) >= 11 is 0. The molecule has 0 amide bonds. The number of furan rings is 1. The molecule has 0 aliphatic heterocycles. The SMILES string of the molecule is CCC(OC=O)/C(=C/OC)OC=O.Cc1cc2occc2[nH]1. The smallest absolute Gasteiger partial charge is 0.298 e. The summed E-state index contributed by atoms with van der Waals surface area (Å²) in [7, 11) is 1.40. The number of nitrogens with one attached hydrogen (secondary N) is 1. The van der Waals surface area contributed by atoms with Crippen LogP contribution in [0, 0.1) is 6.92 Å². The minimum absolute atomic E-state index is 0.173. The number of aromatic amines is 1. The van der Waals surface area contributed by atoms with Crippen LogP contribution in [0.4, 0.5) is 0 Å². The van der Waals surface area contributed by atoms with Gasteiger partial charge < -0.3 is 23.6 Å². The fourth-order valence-corrected chi connectivity index (χ4v) is 1.76. The van der Waals surface area contributed by atoms with Gasteiger partial charge in [-0.1, -0.05) is 6.92 Å². The predicted octanol–water partition coefficient (Wildman–Crippen LogP) is 2.67. The van der Waals surface area contributed by atoms with Gasteiger partial charge >= 0.3 is 0 Å². The molecule has 0 spiro atoms. The standard InChI is InChI=1S/C8H12O5.C7H7NO/c1-3-7(12-5-9)8(4-11-2)13-6-10;1-5-4-7-6(8-5)2-3-9-7/h4-7H,3H2,1-2H3;2-4,8H,1H3/b8-4-;. The molecule has 0 aliphatic carbocycles. The molecule has 1 unspecified atom stereocenters. The number of rotatable bonds is 7. The number of ether oxygens (including phenoxy) is 3. The van der Waals surface area contributed by atoms with Crippen molar-refractivity contribution in [3.63, 3.8) is 0 Å². The molecule has 1 N–H and O–H groups in total. The van der Waals surface area contributed by atoms with Gasteiger partial charge in [0.1, 0.15) is 6.26 Å². The maximum absolute atomic E-state index is 10.1. The van der Waals surface area contributed by atoms with Gasteiger partial charge in [0.15, 0.2) is 17.4 Å². The molecule has 7 heteroatoms. The lowest BCUT2D eigenvalue weighted by Crippen LogP contribution is -2.16. The maximum atomic E-state index is 10.1. The Morgan fingerprint density at radius 1 is 1.41 bits per heavy atom. The van der Waals surface area contributed by atoms with Gasteiger partial charge in [-0.05, 0) is 13.3 Å². The monoisotopic (exact) mass is 309 g/mol. The molecule has 2 rings (SSSR count). The van der Waals surface area contributed by atoms with Gasteiger partial charge in [0.2, 0.25) is 0 Å². The van der Waals surface area contributed by atoms with E-state index >= 15 is 0 Å². The van der Waals surface area contributed by atoms with Gasteiger partial charge in [0.05, 0.1) is 18.9 Å². The summed E-state index contributed by atoms with van der Waals surface area (Å²) in [6, 6.07) is 3.90.